The topological polar surface area (TPSA) is 143 Å². The number of aliphatic carboxylic acids is 2. The van der Waals surface area contributed by atoms with Gasteiger partial charge in [0.2, 0.25) is 0 Å². The lowest BCUT2D eigenvalue weighted by Gasteiger charge is -2.28. The van der Waals surface area contributed by atoms with E-state index in [2.05, 4.69) is 11.9 Å². The molecule has 2 heterocycles. The zero-order valence-electron chi connectivity index (χ0n) is 15.1. The summed E-state index contributed by atoms with van der Waals surface area (Å²) in [7, 11) is -1.07. The smallest absolute Gasteiger partial charge is 0.414 e. The van der Waals surface area contributed by atoms with Gasteiger partial charge in [-0.05, 0) is 62.7 Å². The molecule has 4 N–H and O–H groups in total. The van der Waals surface area contributed by atoms with Crippen LogP contribution in [0, 0.1) is 0 Å². The third-order valence-corrected chi connectivity index (χ3v) is 5.72. The molecule has 9 nitrogen and oxygen atoms in total. The molecular formula is C17H23N3O6S. The van der Waals surface area contributed by atoms with Crippen molar-refractivity contribution in [3.05, 3.63) is 30.0 Å². The van der Waals surface area contributed by atoms with Crippen LogP contribution >= 0.6 is 0 Å². The Morgan fingerprint density at radius 2 is 1.70 bits per heavy atom. The molecule has 3 rings (SSSR count). The number of hydrogen-bond acceptors (Lipinski definition) is 6. The number of hydrogen-bond donors (Lipinski definition) is 3. The molecule has 1 aliphatic rings. The van der Waals surface area contributed by atoms with Crippen molar-refractivity contribution >= 4 is 32.7 Å². The van der Waals surface area contributed by atoms with E-state index in [0.717, 1.165) is 36.8 Å². The van der Waals surface area contributed by atoms with E-state index >= 15 is 0 Å². The van der Waals surface area contributed by atoms with Crippen molar-refractivity contribution in [3.8, 4) is 0 Å². The minimum Gasteiger partial charge on any atom is -0.473 e. The largest absolute Gasteiger partial charge is 0.473 e. The van der Waals surface area contributed by atoms with E-state index < -0.39 is 21.8 Å². The lowest BCUT2D eigenvalue weighted by atomic mass is 9.89. The number of nitrogens with zero attached hydrogens (tertiary/aromatic N) is 2. The highest BCUT2D eigenvalue weighted by Crippen LogP contribution is 2.34. The SMILES string of the molecule is CN1CCC(c2cn(N)c3ccc(S(C)(=O)=O)cc23)CC1.O=C(O)C(=O)O. The van der Waals surface area contributed by atoms with Crippen LogP contribution in [0.15, 0.2) is 29.3 Å². The van der Waals surface area contributed by atoms with E-state index in [1.165, 1.54) is 11.8 Å². The molecular weight excluding hydrogens is 374 g/mol. The molecule has 0 radical (unpaired) electrons. The maximum Gasteiger partial charge on any atom is 0.414 e. The summed E-state index contributed by atoms with van der Waals surface area (Å²) in [4.78, 5) is 20.9. The second kappa shape index (κ2) is 7.97. The number of fused-ring (bicyclic) bond motifs is 1. The highest BCUT2D eigenvalue weighted by atomic mass is 32.2. The van der Waals surface area contributed by atoms with Gasteiger partial charge < -0.3 is 21.0 Å². The van der Waals surface area contributed by atoms with Crippen molar-refractivity contribution in [2.75, 3.05) is 32.2 Å². The van der Waals surface area contributed by atoms with Crippen LogP contribution in [-0.4, -0.2) is 66.5 Å². The van der Waals surface area contributed by atoms with Crippen LogP contribution in [0.5, 0.6) is 0 Å². The van der Waals surface area contributed by atoms with Crippen molar-refractivity contribution < 1.29 is 28.2 Å². The standard InChI is InChI=1S/C15H21N3O2S.C2H2O4/c1-17-7-5-11(6-8-17)14-10-18(16)15-4-3-12(9-13(14)15)21(2,19)20;3-1(4)2(5)6/h3-4,9-11H,5-8,16H2,1-2H3;(H,3,4)(H,5,6). The average Bonchev–Trinajstić information content (AvgIpc) is 2.92. The number of piperidine rings is 1. The van der Waals surface area contributed by atoms with Gasteiger partial charge in [0.25, 0.3) is 0 Å². The van der Waals surface area contributed by atoms with Crippen LogP contribution in [0.2, 0.25) is 0 Å². The second-order valence-corrected chi connectivity index (χ2v) is 8.65. The fourth-order valence-electron chi connectivity index (χ4n) is 3.14. The molecule has 1 aliphatic heterocycles. The van der Waals surface area contributed by atoms with E-state index in [9.17, 15) is 8.42 Å². The summed E-state index contributed by atoms with van der Waals surface area (Å²) in [6.45, 7) is 2.13. The molecule has 148 valence electrons. The van der Waals surface area contributed by atoms with E-state index in [1.54, 1.807) is 22.9 Å². The number of benzene rings is 1. The van der Waals surface area contributed by atoms with Crippen molar-refractivity contribution in [2.24, 2.45) is 0 Å². The Hall–Kier alpha value is -2.59. The van der Waals surface area contributed by atoms with Gasteiger partial charge >= 0.3 is 11.9 Å². The predicted molar refractivity (Wildman–Crippen MR) is 99.9 cm³/mol. The van der Waals surface area contributed by atoms with Crippen LogP contribution in [0.4, 0.5) is 0 Å². The molecule has 1 saturated heterocycles. The zero-order valence-corrected chi connectivity index (χ0v) is 15.9. The minimum atomic E-state index is -3.20. The number of rotatable bonds is 2. The van der Waals surface area contributed by atoms with Gasteiger partial charge in [-0.25, -0.2) is 18.0 Å². The average molecular weight is 397 g/mol. The molecule has 0 spiro atoms. The fraction of sp³-hybridized carbons (Fsp3) is 0.412. The summed E-state index contributed by atoms with van der Waals surface area (Å²) in [5.41, 5.74) is 2.06. The number of carboxylic acid groups (broad SMARTS) is 2. The van der Waals surface area contributed by atoms with Crippen molar-refractivity contribution in [1.82, 2.24) is 9.58 Å². The molecule has 0 unspecified atom stereocenters. The summed E-state index contributed by atoms with van der Waals surface area (Å²) in [6.07, 6.45) is 5.35. The third-order valence-electron chi connectivity index (χ3n) is 4.60. The number of likely N-dealkylation sites (tertiary alicyclic amines) is 1. The molecule has 27 heavy (non-hydrogen) atoms. The van der Waals surface area contributed by atoms with Gasteiger partial charge in [0.1, 0.15) is 0 Å². The normalized spacial score (nSPS) is 15.9. The molecule has 1 aromatic carbocycles. The lowest BCUT2D eigenvalue weighted by molar-refractivity contribution is -0.159. The van der Waals surface area contributed by atoms with E-state index in [-0.39, 0.29) is 0 Å². The highest BCUT2D eigenvalue weighted by molar-refractivity contribution is 7.90. The Morgan fingerprint density at radius 1 is 1.15 bits per heavy atom. The van der Waals surface area contributed by atoms with Gasteiger partial charge in [0.05, 0.1) is 10.4 Å². The molecule has 0 bridgehead atoms. The molecule has 2 aromatic rings. The Kier molecular flexibility index (Phi) is 6.11. The Labute approximate surface area is 156 Å². The van der Waals surface area contributed by atoms with E-state index in [1.807, 2.05) is 6.20 Å². The zero-order chi connectivity index (χ0) is 20.4. The predicted octanol–water partition coefficient (Wildman–Crippen LogP) is 0.723. The fourth-order valence-corrected chi connectivity index (χ4v) is 3.78. The second-order valence-electron chi connectivity index (χ2n) is 6.63. The molecule has 0 aliphatic carbocycles. The quantitative estimate of drug-likeness (QED) is 0.497. The molecule has 0 amide bonds. The summed E-state index contributed by atoms with van der Waals surface area (Å²) in [6, 6.07) is 5.19. The molecule has 0 atom stereocenters. The van der Waals surface area contributed by atoms with Gasteiger partial charge in [-0.1, -0.05) is 0 Å². The van der Waals surface area contributed by atoms with E-state index in [4.69, 9.17) is 25.6 Å². The van der Waals surface area contributed by atoms with Crippen LogP contribution in [0.3, 0.4) is 0 Å². The summed E-state index contributed by atoms with van der Waals surface area (Å²) < 4.78 is 25.1. The van der Waals surface area contributed by atoms with Crippen LogP contribution in [0.25, 0.3) is 10.9 Å². The first kappa shape index (κ1) is 20.7. The van der Waals surface area contributed by atoms with E-state index in [0.29, 0.717) is 10.8 Å². The Balaban J connectivity index is 0.000000380. The molecule has 10 heteroatoms. The first-order chi connectivity index (χ1) is 12.5. The van der Waals surface area contributed by atoms with Crippen LogP contribution in [-0.2, 0) is 19.4 Å². The number of nitrogen functional groups attached to an aromatic ring is 1. The lowest BCUT2D eigenvalue weighted by Crippen LogP contribution is -2.29. The van der Waals surface area contributed by atoms with Crippen molar-refractivity contribution in [2.45, 2.75) is 23.7 Å². The van der Waals surface area contributed by atoms with Crippen LogP contribution < -0.4 is 5.84 Å². The first-order valence-electron chi connectivity index (χ1n) is 8.25. The van der Waals surface area contributed by atoms with Gasteiger partial charge in [0, 0.05) is 17.8 Å². The number of nitrogens with two attached hydrogens (primary N) is 1. The first-order valence-corrected chi connectivity index (χ1v) is 10.1. The van der Waals surface area contributed by atoms with Gasteiger partial charge in [-0.2, -0.15) is 0 Å². The summed E-state index contributed by atoms with van der Waals surface area (Å²) in [5, 5.41) is 15.7. The number of sulfone groups is 1. The van der Waals surface area contributed by atoms with Crippen LogP contribution in [0.1, 0.15) is 24.3 Å². The Morgan fingerprint density at radius 3 is 2.19 bits per heavy atom. The van der Waals surface area contributed by atoms with Gasteiger partial charge in [-0.15, -0.1) is 0 Å². The summed E-state index contributed by atoms with van der Waals surface area (Å²) in [5.74, 6) is 2.83. The Bertz CT molecular complexity index is 946. The van der Waals surface area contributed by atoms with Gasteiger partial charge in [-0.3, -0.25) is 4.68 Å². The molecule has 1 aromatic heterocycles. The monoisotopic (exact) mass is 397 g/mol. The highest BCUT2D eigenvalue weighted by Gasteiger charge is 2.23. The number of carbonyl (C=O) groups is 2. The van der Waals surface area contributed by atoms with Crippen molar-refractivity contribution in [1.29, 1.82) is 0 Å². The third kappa shape index (κ3) is 4.98. The number of carboxylic acids is 2. The molecule has 1 fully saturated rings. The summed E-state index contributed by atoms with van der Waals surface area (Å²) >= 11 is 0. The maximum atomic E-state index is 11.8. The number of aromatic nitrogens is 1. The van der Waals surface area contributed by atoms with Crippen molar-refractivity contribution in [3.63, 3.8) is 0 Å². The maximum absolute atomic E-state index is 11.8. The van der Waals surface area contributed by atoms with Gasteiger partial charge in [0.15, 0.2) is 9.84 Å². The molecule has 0 saturated carbocycles. The minimum absolute atomic E-state index is 0.357.